The van der Waals surface area contributed by atoms with Crippen LogP contribution in [0.15, 0.2) is 47.0 Å². The van der Waals surface area contributed by atoms with Crippen LogP contribution in [0.5, 0.6) is 5.75 Å². The maximum atomic E-state index is 11.1. The standard InChI is InChI=1S/C22H22ClN3O5/c1-29-17-9-14(13-26-4-6-30-7-5-26)8-16(11-17)25-22-24-12-20(31-22)15-2-3-18(21(27)28)19(23)10-15/h2-3,8-12H,4-7,13H2,1H3,(H,24,25)(H,27,28). The Morgan fingerprint density at radius 2 is 2.06 bits per heavy atom. The van der Waals surface area contributed by atoms with Crippen molar-refractivity contribution in [2.75, 3.05) is 38.7 Å². The number of aromatic carboxylic acids is 1. The minimum Gasteiger partial charge on any atom is -0.497 e. The lowest BCUT2D eigenvalue weighted by Gasteiger charge is -2.26. The largest absolute Gasteiger partial charge is 0.497 e. The molecule has 0 unspecified atom stereocenters. The van der Waals surface area contributed by atoms with E-state index in [2.05, 4.69) is 15.2 Å². The van der Waals surface area contributed by atoms with Gasteiger partial charge in [0.15, 0.2) is 5.76 Å². The molecule has 1 aromatic heterocycles. The molecule has 1 fully saturated rings. The van der Waals surface area contributed by atoms with E-state index in [-0.39, 0.29) is 10.6 Å². The third-order valence-corrected chi connectivity index (χ3v) is 5.27. The van der Waals surface area contributed by atoms with Crippen molar-refractivity contribution < 1.29 is 23.8 Å². The van der Waals surface area contributed by atoms with Crippen LogP contribution in [-0.2, 0) is 11.3 Å². The molecule has 1 saturated heterocycles. The van der Waals surface area contributed by atoms with Crippen molar-refractivity contribution in [3.8, 4) is 17.1 Å². The van der Waals surface area contributed by atoms with Gasteiger partial charge in [-0.2, -0.15) is 0 Å². The molecule has 9 heteroatoms. The van der Waals surface area contributed by atoms with E-state index in [1.807, 2.05) is 18.2 Å². The van der Waals surface area contributed by atoms with Crippen LogP contribution < -0.4 is 10.1 Å². The Morgan fingerprint density at radius 3 is 2.77 bits per heavy atom. The molecular weight excluding hydrogens is 422 g/mol. The summed E-state index contributed by atoms with van der Waals surface area (Å²) in [5, 5.41) is 12.4. The fourth-order valence-electron chi connectivity index (χ4n) is 3.39. The average molecular weight is 444 g/mol. The van der Waals surface area contributed by atoms with E-state index in [1.165, 1.54) is 6.07 Å². The molecule has 3 aromatic rings. The van der Waals surface area contributed by atoms with Gasteiger partial charge in [0.25, 0.3) is 6.01 Å². The van der Waals surface area contributed by atoms with Crippen LogP contribution in [-0.4, -0.2) is 54.4 Å². The van der Waals surface area contributed by atoms with E-state index >= 15 is 0 Å². The number of rotatable bonds is 7. The van der Waals surface area contributed by atoms with Crippen molar-refractivity contribution in [2.24, 2.45) is 0 Å². The van der Waals surface area contributed by atoms with Gasteiger partial charge in [-0.1, -0.05) is 17.7 Å². The molecule has 0 spiro atoms. The van der Waals surface area contributed by atoms with Gasteiger partial charge in [-0.05, 0) is 29.8 Å². The summed E-state index contributed by atoms with van der Waals surface area (Å²) in [5.74, 6) is 0.122. The fraction of sp³-hybridized carbons (Fsp3) is 0.273. The van der Waals surface area contributed by atoms with Crippen LogP contribution in [0, 0.1) is 0 Å². The summed E-state index contributed by atoms with van der Waals surface area (Å²) in [6.45, 7) is 4.07. The van der Waals surface area contributed by atoms with Crippen LogP contribution in [0.4, 0.5) is 11.7 Å². The summed E-state index contributed by atoms with van der Waals surface area (Å²) in [4.78, 5) is 17.7. The molecule has 1 aliphatic heterocycles. The van der Waals surface area contributed by atoms with Gasteiger partial charge in [-0.25, -0.2) is 9.78 Å². The first kappa shape index (κ1) is 21.2. The lowest BCUT2D eigenvalue weighted by atomic mass is 10.1. The van der Waals surface area contributed by atoms with Crippen molar-refractivity contribution in [3.63, 3.8) is 0 Å². The zero-order valence-electron chi connectivity index (χ0n) is 16.9. The molecule has 0 radical (unpaired) electrons. The number of anilines is 2. The van der Waals surface area contributed by atoms with Gasteiger partial charge in [0.2, 0.25) is 0 Å². The molecule has 4 rings (SSSR count). The first-order valence-electron chi connectivity index (χ1n) is 9.76. The highest BCUT2D eigenvalue weighted by molar-refractivity contribution is 6.33. The number of carboxylic acids is 1. The minimum absolute atomic E-state index is 0.0347. The predicted molar refractivity (Wildman–Crippen MR) is 116 cm³/mol. The van der Waals surface area contributed by atoms with Gasteiger partial charge in [0, 0.05) is 37.0 Å². The number of benzene rings is 2. The summed E-state index contributed by atoms with van der Waals surface area (Å²) in [6, 6.07) is 10.8. The SMILES string of the molecule is COc1cc(CN2CCOCC2)cc(Nc2ncc(-c3ccc(C(=O)O)c(Cl)c3)o2)c1. The number of halogens is 1. The molecule has 2 aromatic carbocycles. The second-order valence-electron chi connectivity index (χ2n) is 7.11. The predicted octanol–water partition coefficient (Wildman–Crippen LogP) is 4.28. The van der Waals surface area contributed by atoms with Gasteiger partial charge < -0.3 is 24.3 Å². The number of aromatic nitrogens is 1. The van der Waals surface area contributed by atoms with Crippen molar-refractivity contribution in [2.45, 2.75) is 6.54 Å². The van der Waals surface area contributed by atoms with Crippen LogP contribution in [0.1, 0.15) is 15.9 Å². The number of nitrogens with zero attached hydrogens (tertiary/aromatic N) is 2. The van der Waals surface area contributed by atoms with Gasteiger partial charge >= 0.3 is 5.97 Å². The minimum atomic E-state index is -1.08. The van der Waals surface area contributed by atoms with Crippen LogP contribution >= 0.6 is 11.6 Å². The summed E-state index contributed by atoms with van der Waals surface area (Å²) in [5.41, 5.74) is 2.56. The zero-order chi connectivity index (χ0) is 21.8. The fourth-order valence-corrected chi connectivity index (χ4v) is 3.65. The van der Waals surface area contributed by atoms with E-state index < -0.39 is 5.97 Å². The Bertz CT molecular complexity index is 1080. The average Bonchev–Trinajstić information content (AvgIpc) is 3.22. The van der Waals surface area contributed by atoms with Crippen LogP contribution in [0.2, 0.25) is 5.02 Å². The smallest absolute Gasteiger partial charge is 0.337 e. The van der Waals surface area contributed by atoms with Gasteiger partial charge in [0.05, 0.1) is 37.1 Å². The maximum Gasteiger partial charge on any atom is 0.337 e. The Balaban J connectivity index is 1.51. The highest BCUT2D eigenvalue weighted by Gasteiger charge is 2.14. The number of nitrogens with one attached hydrogen (secondary N) is 1. The summed E-state index contributed by atoms with van der Waals surface area (Å²) in [6.07, 6.45) is 1.56. The maximum absolute atomic E-state index is 11.1. The molecule has 1 aliphatic rings. The molecule has 0 aliphatic carbocycles. The molecule has 2 N–H and O–H groups in total. The second kappa shape index (κ2) is 9.38. The number of carboxylic acid groups (broad SMARTS) is 1. The van der Waals surface area contributed by atoms with E-state index in [1.54, 1.807) is 25.4 Å². The quantitative estimate of drug-likeness (QED) is 0.558. The van der Waals surface area contributed by atoms with E-state index in [4.69, 9.17) is 30.6 Å². The monoisotopic (exact) mass is 443 g/mol. The number of carbonyl (C=O) groups is 1. The Morgan fingerprint density at radius 1 is 1.26 bits per heavy atom. The first-order valence-corrected chi connectivity index (χ1v) is 10.1. The topological polar surface area (TPSA) is 97.1 Å². The van der Waals surface area contributed by atoms with E-state index in [9.17, 15) is 4.79 Å². The summed E-state index contributed by atoms with van der Waals surface area (Å²) < 4.78 is 16.7. The number of hydrogen-bond donors (Lipinski definition) is 2. The summed E-state index contributed by atoms with van der Waals surface area (Å²) in [7, 11) is 1.63. The molecule has 2 heterocycles. The van der Waals surface area contributed by atoms with Gasteiger partial charge in [-0.15, -0.1) is 0 Å². The second-order valence-corrected chi connectivity index (χ2v) is 7.52. The molecule has 0 amide bonds. The lowest BCUT2D eigenvalue weighted by molar-refractivity contribution is 0.0342. The van der Waals surface area contributed by atoms with Crippen LogP contribution in [0.3, 0.4) is 0 Å². The number of oxazole rings is 1. The third kappa shape index (κ3) is 5.16. The number of ether oxygens (including phenoxy) is 2. The van der Waals surface area contributed by atoms with Gasteiger partial charge in [-0.3, -0.25) is 4.90 Å². The van der Waals surface area contributed by atoms with Gasteiger partial charge in [0.1, 0.15) is 5.75 Å². The molecule has 0 bridgehead atoms. The zero-order valence-corrected chi connectivity index (χ0v) is 17.7. The van der Waals surface area contributed by atoms with Crippen molar-refractivity contribution >= 4 is 29.3 Å². The highest BCUT2D eigenvalue weighted by atomic mass is 35.5. The Hall–Kier alpha value is -3.07. The number of hydrogen-bond acceptors (Lipinski definition) is 7. The first-order chi connectivity index (χ1) is 15.0. The highest BCUT2D eigenvalue weighted by Crippen LogP contribution is 2.30. The lowest BCUT2D eigenvalue weighted by Crippen LogP contribution is -2.35. The third-order valence-electron chi connectivity index (χ3n) is 4.95. The van der Waals surface area contributed by atoms with Crippen molar-refractivity contribution in [1.29, 1.82) is 0 Å². The number of methoxy groups -OCH3 is 1. The van der Waals surface area contributed by atoms with Crippen molar-refractivity contribution in [1.82, 2.24) is 9.88 Å². The molecule has 31 heavy (non-hydrogen) atoms. The molecule has 8 nitrogen and oxygen atoms in total. The number of morpholine rings is 1. The van der Waals surface area contributed by atoms with E-state index in [0.717, 1.165) is 49.8 Å². The van der Waals surface area contributed by atoms with Crippen LogP contribution in [0.25, 0.3) is 11.3 Å². The summed E-state index contributed by atoms with van der Waals surface area (Å²) >= 11 is 6.06. The van der Waals surface area contributed by atoms with E-state index in [0.29, 0.717) is 17.3 Å². The molecule has 0 atom stereocenters. The Labute approximate surface area is 184 Å². The normalized spacial score (nSPS) is 14.4. The Kier molecular flexibility index (Phi) is 6.41. The molecular formula is C22H22ClN3O5. The van der Waals surface area contributed by atoms with Crippen molar-refractivity contribution in [3.05, 3.63) is 58.7 Å². The molecule has 0 saturated carbocycles. The molecule has 162 valence electrons.